The standard InChI is InChI=1S/C27H28ClNO4S.Na/c1-32-23-12-9-20(10-13-23)6-4-5-17-33-26-15-11-22(29-25(26)14-16-27(30)31)19-34-18-21-7-2-3-8-24(21)28;/h2-3,7-16H,4-6,17-19H2,1H3,(H,30,31);/q;+1/p-1. The number of carboxylic acids is 1. The number of methoxy groups -OCH3 is 1. The third kappa shape index (κ3) is 10.3. The number of carbonyl (C=O) groups excluding carboxylic acids is 1. The van der Waals surface area contributed by atoms with E-state index >= 15 is 0 Å². The summed E-state index contributed by atoms with van der Waals surface area (Å²) in [6.45, 7) is 0.518. The van der Waals surface area contributed by atoms with Crippen LogP contribution in [0.15, 0.2) is 66.7 Å². The van der Waals surface area contributed by atoms with E-state index in [4.69, 9.17) is 21.1 Å². The third-order valence-corrected chi connectivity index (χ3v) is 6.45. The maximum Gasteiger partial charge on any atom is 1.00 e. The van der Waals surface area contributed by atoms with Gasteiger partial charge in [0.15, 0.2) is 0 Å². The molecule has 0 unspecified atom stereocenters. The minimum absolute atomic E-state index is 0. The quantitative estimate of drug-likeness (QED) is 0.196. The van der Waals surface area contributed by atoms with Crippen LogP contribution in [0.4, 0.5) is 0 Å². The number of ether oxygens (including phenoxy) is 2. The molecule has 1 aromatic heterocycles. The maximum atomic E-state index is 10.9. The number of hydrogen-bond donors (Lipinski definition) is 0. The number of rotatable bonds is 13. The fourth-order valence-corrected chi connectivity index (χ4v) is 4.49. The molecule has 0 atom stereocenters. The average molecular weight is 520 g/mol. The number of carboxylic acid groups (broad SMARTS) is 1. The van der Waals surface area contributed by atoms with Crippen LogP contribution in [0.2, 0.25) is 5.02 Å². The van der Waals surface area contributed by atoms with Gasteiger partial charge in [-0.3, -0.25) is 0 Å². The van der Waals surface area contributed by atoms with Gasteiger partial charge in [0.2, 0.25) is 0 Å². The van der Waals surface area contributed by atoms with Crippen molar-refractivity contribution in [3.63, 3.8) is 0 Å². The van der Waals surface area contributed by atoms with E-state index in [0.717, 1.165) is 53.1 Å². The molecule has 2 aromatic carbocycles. The first-order valence-electron chi connectivity index (χ1n) is 11.0. The number of unbranched alkanes of at least 4 members (excludes halogenated alkanes) is 1. The molecule has 8 heteroatoms. The zero-order valence-electron chi connectivity index (χ0n) is 20.0. The van der Waals surface area contributed by atoms with Crippen molar-refractivity contribution in [2.24, 2.45) is 0 Å². The molecular weight excluding hydrogens is 493 g/mol. The van der Waals surface area contributed by atoms with E-state index in [1.165, 1.54) is 11.6 Å². The van der Waals surface area contributed by atoms with E-state index < -0.39 is 5.97 Å². The summed E-state index contributed by atoms with van der Waals surface area (Å²) in [5.74, 6) is 1.56. The van der Waals surface area contributed by atoms with E-state index in [1.54, 1.807) is 18.9 Å². The van der Waals surface area contributed by atoms with Gasteiger partial charge in [0, 0.05) is 16.5 Å². The molecule has 0 bridgehead atoms. The van der Waals surface area contributed by atoms with Crippen molar-refractivity contribution in [2.75, 3.05) is 13.7 Å². The molecule has 35 heavy (non-hydrogen) atoms. The fraction of sp³-hybridized carbons (Fsp3) is 0.259. The molecule has 0 aliphatic rings. The van der Waals surface area contributed by atoms with Crippen molar-refractivity contribution < 1.29 is 48.9 Å². The summed E-state index contributed by atoms with van der Waals surface area (Å²) < 4.78 is 11.1. The summed E-state index contributed by atoms with van der Waals surface area (Å²) in [5, 5.41) is 11.7. The molecule has 0 radical (unpaired) electrons. The summed E-state index contributed by atoms with van der Waals surface area (Å²) in [4.78, 5) is 15.5. The monoisotopic (exact) mass is 519 g/mol. The Morgan fingerprint density at radius 3 is 2.54 bits per heavy atom. The van der Waals surface area contributed by atoms with Crippen LogP contribution >= 0.6 is 23.4 Å². The number of nitrogens with zero attached hydrogens (tertiary/aromatic N) is 1. The van der Waals surface area contributed by atoms with E-state index in [-0.39, 0.29) is 29.6 Å². The number of thioether (sulfide) groups is 1. The first kappa shape index (κ1) is 29.3. The van der Waals surface area contributed by atoms with Gasteiger partial charge in [0.1, 0.15) is 17.2 Å². The summed E-state index contributed by atoms with van der Waals surface area (Å²) in [6, 6.07) is 19.6. The normalized spacial score (nSPS) is 10.7. The number of halogens is 1. The van der Waals surface area contributed by atoms with Crippen molar-refractivity contribution >= 4 is 35.4 Å². The maximum absolute atomic E-state index is 10.9. The van der Waals surface area contributed by atoms with Crippen LogP contribution < -0.4 is 44.1 Å². The van der Waals surface area contributed by atoms with Crippen molar-refractivity contribution in [2.45, 2.75) is 30.8 Å². The van der Waals surface area contributed by atoms with E-state index in [0.29, 0.717) is 23.8 Å². The number of pyridine rings is 1. The first-order valence-corrected chi connectivity index (χ1v) is 12.5. The van der Waals surface area contributed by atoms with E-state index in [1.807, 2.05) is 48.5 Å². The molecule has 5 nitrogen and oxygen atoms in total. The molecule has 0 N–H and O–H groups in total. The van der Waals surface area contributed by atoms with Crippen molar-refractivity contribution in [3.8, 4) is 11.5 Å². The molecule has 0 spiro atoms. The first-order chi connectivity index (χ1) is 16.5. The molecule has 0 aliphatic carbocycles. The minimum Gasteiger partial charge on any atom is -0.545 e. The Labute approximate surface area is 238 Å². The molecule has 0 amide bonds. The Kier molecular flexibility index (Phi) is 13.3. The van der Waals surface area contributed by atoms with Crippen LogP contribution in [0.25, 0.3) is 6.08 Å². The predicted octanol–water partition coefficient (Wildman–Crippen LogP) is 2.35. The molecule has 0 saturated heterocycles. The SMILES string of the molecule is COc1ccc(CCCCOc2ccc(CSCc3ccccc3Cl)nc2C=CC(=O)[O-])cc1.[Na+]. The number of aryl methyl sites for hydroxylation is 1. The Balaban J connectivity index is 0.00000432. The molecule has 0 fully saturated rings. The van der Waals surface area contributed by atoms with Gasteiger partial charge in [0.25, 0.3) is 0 Å². The summed E-state index contributed by atoms with van der Waals surface area (Å²) in [5.41, 5.74) is 3.64. The van der Waals surface area contributed by atoms with Gasteiger partial charge in [-0.2, -0.15) is 11.8 Å². The Hall–Kier alpha value is -1.96. The van der Waals surface area contributed by atoms with Crippen LogP contribution in [0.5, 0.6) is 11.5 Å². The molecule has 178 valence electrons. The Morgan fingerprint density at radius 2 is 1.83 bits per heavy atom. The molecule has 0 saturated carbocycles. The van der Waals surface area contributed by atoms with Crippen molar-refractivity contribution in [1.82, 2.24) is 4.98 Å². The fourth-order valence-electron chi connectivity index (χ4n) is 3.26. The summed E-state index contributed by atoms with van der Waals surface area (Å²) in [7, 11) is 1.66. The van der Waals surface area contributed by atoms with Gasteiger partial charge in [0.05, 0.1) is 25.4 Å². The van der Waals surface area contributed by atoms with Gasteiger partial charge in [-0.25, -0.2) is 4.98 Å². The largest absolute Gasteiger partial charge is 1.00 e. The van der Waals surface area contributed by atoms with Gasteiger partial charge < -0.3 is 19.4 Å². The molecule has 3 aromatic rings. The molecular formula is C27H27ClNNaO4S. The topological polar surface area (TPSA) is 71.5 Å². The summed E-state index contributed by atoms with van der Waals surface area (Å²) in [6.07, 6.45) is 5.18. The molecule has 1 heterocycles. The number of benzene rings is 2. The van der Waals surface area contributed by atoms with Crippen LogP contribution in [-0.2, 0) is 22.7 Å². The van der Waals surface area contributed by atoms with Crippen LogP contribution in [0.1, 0.15) is 35.4 Å². The second kappa shape index (κ2) is 15.9. The van der Waals surface area contributed by atoms with Gasteiger partial charge >= 0.3 is 29.6 Å². The van der Waals surface area contributed by atoms with Crippen LogP contribution in [0, 0.1) is 0 Å². The van der Waals surface area contributed by atoms with Crippen molar-refractivity contribution in [1.29, 1.82) is 0 Å². The van der Waals surface area contributed by atoms with Crippen LogP contribution in [0.3, 0.4) is 0 Å². The van der Waals surface area contributed by atoms with E-state index in [2.05, 4.69) is 17.1 Å². The minimum atomic E-state index is -1.27. The number of hydrogen-bond acceptors (Lipinski definition) is 6. The second-order valence-electron chi connectivity index (χ2n) is 7.58. The molecule has 0 aliphatic heterocycles. The zero-order chi connectivity index (χ0) is 24.2. The average Bonchev–Trinajstić information content (AvgIpc) is 2.85. The number of aliphatic carboxylic acids is 1. The van der Waals surface area contributed by atoms with Crippen molar-refractivity contribution in [3.05, 3.63) is 94.3 Å². The third-order valence-electron chi connectivity index (χ3n) is 5.06. The van der Waals surface area contributed by atoms with Gasteiger partial charge in [-0.15, -0.1) is 0 Å². The summed E-state index contributed by atoms with van der Waals surface area (Å²) >= 11 is 7.91. The molecule has 3 rings (SSSR count). The van der Waals surface area contributed by atoms with E-state index in [9.17, 15) is 9.90 Å². The second-order valence-corrected chi connectivity index (χ2v) is 8.97. The predicted molar refractivity (Wildman–Crippen MR) is 136 cm³/mol. The van der Waals surface area contributed by atoms with Crippen LogP contribution in [-0.4, -0.2) is 24.7 Å². The Bertz CT molecular complexity index is 1110. The zero-order valence-corrected chi connectivity index (χ0v) is 23.6. The Morgan fingerprint density at radius 1 is 1.06 bits per heavy atom. The number of aromatic nitrogens is 1. The smallest absolute Gasteiger partial charge is 0.545 e. The number of carbonyl (C=O) groups is 1. The van der Waals surface area contributed by atoms with Gasteiger partial charge in [-0.1, -0.05) is 41.9 Å². The van der Waals surface area contributed by atoms with Gasteiger partial charge in [-0.05, 0) is 72.9 Å².